The lowest BCUT2D eigenvalue weighted by molar-refractivity contribution is 0.0960. The van der Waals surface area contributed by atoms with Gasteiger partial charge in [0.25, 0.3) is 5.91 Å². The van der Waals surface area contributed by atoms with Crippen molar-refractivity contribution in [2.45, 2.75) is 20.3 Å². The number of hydrogen-bond acceptors (Lipinski definition) is 5. The monoisotopic (exact) mass is 429 g/mol. The minimum Gasteiger partial charge on any atom is -0.494 e. The molecule has 0 fully saturated rings. The standard InChI is InChI=1S/C19H23N3O2S.2ClH/c1-3-24-16-6-4-15(5-7-16)19-22-13(2)17(25-19)18(23)21-12-14-8-10-20-11-9-14;;/h4-8,20H,3,9-12H2,1-2H3,(H,21,23);2*1H. The third-order valence-corrected chi connectivity index (χ3v) is 5.25. The molecule has 0 bridgehead atoms. The number of carbonyl (C=O) groups excluding carboxylic acids is 1. The van der Waals surface area contributed by atoms with Crippen LogP contribution in [0.15, 0.2) is 35.9 Å². The second kappa shape index (κ2) is 11.3. The molecule has 1 aromatic carbocycles. The number of halogens is 2. The van der Waals surface area contributed by atoms with E-state index in [1.807, 2.05) is 38.1 Å². The largest absolute Gasteiger partial charge is 0.494 e. The second-order valence-electron chi connectivity index (χ2n) is 5.89. The fourth-order valence-electron chi connectivity index (χ4n) is 2.70. The molecule has 5 nitrogen and oxygen atoms in total. The molecule has 27 heavy (non-hydrogen) atoms. The number of nitrogens with zero attached hydrogens (tertiary/aromatic N) is 1. The Hall–Kier alpha value is -1.60. The van der Waals surface area contributed by atoms with E-state index in [1.54, 1.807) is 0 Å². The maximum atomic E-state index is 12.5. The lowest BCUT2D eigenvalue weighted by atomic mass is 10.1. The number of amides is 1. The van der Waals surface area contributed by atoms with Gasteiger partial charge < -0.3 is 15.4 Å². The summed E-state index contributed by atoms with van der Waals surface area (Å²) < 4.78 is 5.46. The van der Waals surface area contributed by atoms with E-state index < -0.39 is 0 Å². The Kier molecular flexibility index (Phi) is 9.80. The highest BCUT2D eigenvalue weighted by atomic mass is 35.5. The van der Waals surface area contributed by atoms with Gasteiger partial charge >= 0.3 is 0 Å². The first kappa shape index (κ1) is 23.4. The van der Waals surface area contributed by atoms with Crippen LogP contribution in [0.2, 0.25) is 0 Å². The van der Waals surface area contributed by atoms with E-state index in [2.05, 4.69) is 21.7 Å². The summed E-state index contributed by atoms with van der Waals surface area (Å²) in [5, 5.41) is 7.14. The number of ether oxygens (including phenoxy) is 1. The average Bonchev–Trinajstić information content (AvgIpc) is 3.03. The minimum atomic E-state index is -0.0494. The molecule has 2 heterocycles. The van der Waals surface area contributed by atoms with Gasteiger partial charge in [-0.2, -0.15) is 0 Å². The summed E-state index contributed by atoms with van der Waals surface area (Å²) in [4.78, 5) is 17.7. The Morgan fingerprint density at radius 1 is 1.30 bits per heavy atom. The highest BCUT2D eigenvalue weighted by Gasteiger charge is 2.16. The van der Waals surface area contributed by atoms with Gasteiger partial charge in [0, 0.05) is 18.7 Å². The molecule has 148 valence electrons. The summed E-state index contributed by atoms with van der Waals surface area (Å²) in [6.07, 6.45) is 3.13. The summed E-state index contributed by atoms with van der Waals surface area (Å²) in [6.45, 7) is 6.95. The molecule has 1 aliphatic rings. The van der Waals surface area contributed by atoms with Crippen molar-refractivity contribution in [2.24, 2.45) is 0 Å². The predicted octanol–water partition coefficient (Wildman–Crippen LogP) is 4.01. The summed E-state index contributed by atoms with van der Waals surface area (Å²) in [5.74, 6) is 0.791. The number of rotatable bonds is 6. The van der Waals surface area contributed by atoms with Crippen LogP contribution in [0.3, 0.4) is 0 Å². The quantitative estimate of drug-likeness (QED) is 0.680. The number of hydrogen-bond donors (Lipinski definition) is 2. The number of carbonyl (C=O) groups is 1. The van der Waals surface area contributed by atoms with Crippen LogP contribution >= 0.6 is 36.2 Å². The molecule has 3 rings (SSSR count). The van der Waals surface area contributed by atoms with Crippen molar-refractivity contribution in [3.8, 4) is 16.3 Å². The van der Waals surface area contributed by atoms with Gasteiger partial charge in [0.1, 0.15) is 15.6 Å². The van der Waals surface area contributed by atoms with Crippen LogP contribution in [0.25, 0.3) is 10.6 Å². The molecule has 0 saturated heterocycles. The van der Waals surface area contributed by atoms with E-state index in [9.17, 15) is 4.79 Å². The molecule has 8 heteroatoms. The first-order valence-corrected chi connectivity index (χ1v) is 9.36. The Balaban J connectivity index is 0.00000182. The van der Waals surface area contributed by atoms with Crippen molar-refractivity contribution in [1.29, 1.82) is 0 Å². The molecule has 0 aliphatic carbocycles. The minimum absolute atomic E-state index is 0. The Morgan fingerprint density at radius 2 is 2.04 bits per heavy atom. The smallest absolute Gasteiger partial charge is 0.263 e. The fraction of sp³-hybridized carbons (Fsp3) is 0.368. The topological polar surface area (TPSA) is 63.2 Å². The van der Waals surface area contributed by atoms with Crippen LogP contribution in [-0.2, 0) is 0 Å². The fourth-order valence-corrected chi connectivity index (χ4v) is 3.68. The number of aromatic nitrogens is 1. The first-order valence-electron chi connectivity index (χ1n) is 8.55. The highest BCUT2D eigenvalue weighted by Crippen LogP contribution is 2.29. The predicted molar refractivity (Wildman–Crippen MR) is 116 cm³/mol. The van der Waals surface area contributed by atoms with Crippen LogP contribution in [0.4, 0.5) is 0 Å². The molecule has 1 aliphatic heterocycles. The molecule has 0 atom stereocenters. The summed E-state index contributed by atoms with van der Waals surface area (Å²) >= 11 is 1.43. The van der Waals surface area contributed by atoms with Crippen molar-refractivity contribution >= 4 is 42.1 Å². The van der Waals surface area contributed by atoms with E-state index in [0.717, 1.165) is 41.5 Å². The summed E-state index contributed by atoms with van der Waals surface area (Å²) in [5.41, 5.74) is 3.04. The molecule has 0 unspecified atom stereocenters. The number of aryl methyl sites for hydroxylation is 1. The SMILES string of the molecule is CCOc1ccc(-c2nc(C)c(C(=O)NCC3=CCNCC3)s2)cc1.Cl.Cl. The van der Waals surface area contributed by atoms with Gasteiger partial charge in [-0.25, -0.2) is 4.98 Å². The van der Waals surface area contributed by atoms with Crippen LogP contribution < -0.4 is 15.4 Å². The van der Waals surface area contributed by atoms with E-state index in [1.165, 1.54) is 16.9 Å². The van der Waals surface area contributed by atoms with Crippen molar-refractivity contribution in [3.63, 3.8) is 0 Å². The lowest BCUT2D eigenvalue weighted by Crippen LogP contribution is -2.29. The zero-order valence-electron chi connectivity index (χ0n) is 15.4. The van der Waals surface area contributed by atoms with Gasteiger partial charge in [-0.1, -0.05) is 11.6 Å². The number of nitrogens with one attached hydrogen (secondary N) is 2. The third kappa shape index (κ3) is 6.21. The van der Waals surface area contributed by atoms with Gasteiger partial charge in [-0.15, -0.1) is 36.2 Å². The van der Waals surface area contributed by atoms with E-state index in [-0.39, 0.29) is 30.7 Å². The maximum absolute atomic E-state index is 12.5. The molecular weight excluding hydrogens is 405 g/mol. The van der Waals surface area contributed by atoms with Gasteiger partial charge in [-0.05, 0) is 51.1 Å². The van der Waals surface area contributed by atoms with E-state index >= 15 is 0 Å². The second-order valence-corrected chi connectivity index (χ2v) is 6.89. The third-order valence-electron chi connectivity index (χ3n) is 4.05. The van der Waals surface area contributed by atoms with E-state index in [4.69, 9.17) is 4.74 Å². The lowest BCUT2D eigenvalue weighted by Gasteiger charge is -2.14. The zero-order chi connectivity index (χ0) is 17.6. The molecule has 2 aromatic rings. The van der Waals surface area contributed by atoms with Crippen LogP contribution in [0.1, 0.15) is 28.7 Å². The van der Waals surface area contributed by atoms with Gasteiger partial charge in [0.15, 0.2) is 0 Å². The van der Waals surface area contributed by atoms with Crippen molar-refractivity contribution in [1.82, 2.24) is 15.6 Å². The van der Waals surface area contributed by atoms with Gasteiger partial charge in [-0.3, -0.25) is 4.79 Å². The normalized spacial score (nSPS) is 13.0. The van der Waals surface area contributed by atoms with Gasteiger partial charge in [0.2, 0.25) is 0 Å². The number of benzene rings is 1. The Bertz CT molecular complexity index is 776. The van der Waals surface area contributed by atoms with Gasteiger partial charge in [0.05, 0.1) is 12.3 Å². The van der Waals surface area contributed by atoms with Crippen molar-refractivity contribution in [2.75, 3.05) is 26.2 Å². The van der Waals surface area contributed by atoms with Crippen LogP contribution in [0, 0.1) is 6.92 Å². The zero-order valence-corrected chi connectivity index (χ0v) is 17.9. The van der Waals surface area contributed by atoms with Crippen molar-refractivity contribution < 1.29 is 9.53 Å². The Labute approximate surface area is 176 Å². The molecule has 2 N–H and O–H groups in total. The molecule has 1 amide bonds. The molecule has 0 radical (unpaired) electrons. The van der Waals surface area contributed by atoms with Crippen LogP contribution in [0.5, 0.6) is 5.75 Å². The Morgan fingerprint density at radius 3 is 2.67 bits per heavy atom. The summed E-state index contributed by atoms with van der Waals surface area (Å²) in [6, 6.07) is 7.81. The average molecular weight is 430 g/mol. The molecule has 0 saturated carbocycles. The van der Waals surface area contributed by atoms with Crippen LogP contribution in [-0.4, -0.2) is 37.1 Å². The van der Waals surface area contributed by atoms with E-state index in [0.29, 0.717) is 18.0 Å². The van der Waals surface area contributed by atoms with Crippen molar-refractivity contribution in [3.05, 3.63) is 46.5 Å². The maximum Gasteiger partial charge on any atom is 0.263 e. The summed E-state index contributed by atoms with van der Waals surface area (Å²) in [7, 11) is 0. The molecule has 0 spiro atoms. The first-order chi connectivity index (χ1) is 12.2. The number of thiazole rings is 1. The highest BCUT2D eigenvalue weighted by molar-refractivity contribution is 7.17. The molecule has 1 aromatic heterocycles. The molecular formula is C19H25Cl2N3O2S.